The number of hydrogen-bond acceptors (Lipinski definition) is 4. The molecule has 2 amide bonds. The number of rotatable bonds is 8. The fourth-order valence-electron chi connectivity index (χ4n) is 3.17. The summed E-state index contributed by atoms with van der Waals surface area (Å²) in [5.74, 6) is 1.30. The molecule has 1 aliphatic heterocycles. The van der Waals surface area contributed by atoms with Crippen LogP contribution in [0, 0.1) is 13.8 Å². The molecule has 1 saturated heterocycles. The summed E-state index contributed by atoms with van der Waals surface area (Å²) in [4.78, 5) is 25.6. The van der Waals surface area contributed by atoms with Crippen LogP contribution in [0.1, 0.15) is 24.0 Å². The van der Waals surface area contributed by atoms with Crippen molar-refractivity contribution in [3.8, 4) is 11.5 Å². The molecule has 3 rings (SSSR count). The van der Waals surface area contributed by atoms with E-state index in [1.54, 1.807) is 17.0 Å². The Balaban J connectivity index is 1.40. The van der Waals surface area contributed by atoms with Crippen molar-refractivity contribution < 1.29 is 19.1 Å². The average Bonchev–Trinajstić information content (AvgIpc) is 3.11. The Bertz CT molecular complexity index is 850. The maximum absolute atomic E-state index is 12.0. The molecule has 0 bridgehead atoms. The highest BCUT2D eigenvalue weighted by Gasteiger charge is 2.21. The van der Waals surface area contributed by atoms with Gasteiger partial charge < -0.3 is 19.7 Å². The van der Waals surface area contributed by atoms with Gasteiger partial charge in [-0.2, -0.15) is 0 Å². The number of carbonyl (C=O) groups is 2. The van der Waals surface area contributed by atoms with Crippen LogP contribution >= 0.6 is 0 Å². The second kappa shape index (κ2) is 9.26. The molecule has 2 aromatic rings. The molecular weight excluding hydrogens is 356 g/mol. The summed E-state index contributed by atoms with van der Waals surface area (Å²) in [5.41, 5.74) is 3.07. The Hall–Kier alpha value is -3.02. The Morgan fingerprint density at radius 3 is 2.75 bits per heavy atom. The normalized spacial score (nSPS) is 13.5. The van der Waals surface area contributed by atoms with Gasteiger partial charge >= 0.3 is 0 Å². The molecule has 1 N–H and O–H groups in total. The molecular formula is C22H26N2O4. The van der Waals surface area contributed by atoms with Gasteiger partial charge in [-0.15, -0.1) is 0 Å². The first-order valence-electron chi connectivity index (χ1n) is 9.53. The first-order chi connectivity index (χ1) is 13.5. The Morgan fingerprint density at radius 1 is 1.14 bits per heavy atom. The largest absolute Gasteiger partial charge is 0.491 e. The molecule has 1 fully saturated rings. The molecule has 0 aliphatic carbocycles. The third-order valence-electron chi connectivity index (χ3n) is 4.58. The van der Waals surface area contributed by atoms with E-state index in [-0.39, 0.29) is 18.4 Å². The van der Waals surface area contributed by atoms with Crippen LogP contribution in [0.25, 0.3) is 0 Å². The van der Waals surface area contributed by atoms with Gasteiger partial charge in [0.05, 0.1) is 6.54 Å². The van der Waals surface area contributed by atoms with Crippen LogP contribution in [-0.2, 0) is 9.59 Å². The number of nitrogens with one attached hydrogen (secondary N) is 1. The molecule has 28 heavy (non-hydrogen) atoms. The molecule has 0 unspecified atom stereocenters. The topological polar surface area (TPSA) is 67.9 Å². The van der Waals surface area contributed by atoms with Gasteiger partial charge in [0.25, 0.3) is 5.91 Å². The number of anilines is 1. The van der Waals surface area contributed by atoms with Gasteiger partial charge in [-0.1, -0.05) is 23.8 Å². The fraction of sp³-hybridized carbons (Fsp3) is 0.364. The van der Waals surface area contributed by atoms with Crippen molar-refractivity contribution in [2.45, 2.75) is 26.7 Å². The molecule has 6 nitrogen and oxygen atoms in total. The molecule has 1 aliphatic rings. The summed E-state index contributed by atoms with van der Waals surface area (Å²) < 4.78 is 11.3. The number of benzene rings is 2. The number of ether oxygens (including phenoxy) is 2. The van der Waals surface area contributed by atoms with Crippen LogP contribution in [0.5, 0.6) is 11.5 Å². The summed E-state index contributed by atoms with van der Waals surface area (Å²) in [5, 5.41) is 2.78. The summed E-state index contributed by atoms with van der Waals surface area (Å²) in [6, 6.07) is 13.3. The number of nitrogens with zero attached hydrogens (tertiary/aromatic N) is 1. The van der Waals surface area contributed by atoms with Gasteiger partial charge in [-0.3, -0.25) is 9.59 Å². The predicted octanol–water partition coefficient (Wildman–Crippen LogP) is 3.00. The fourth-order valence-corrected chi connectivity index (χ4v) is 3.17. The molecule has 0 saturated carbocycles. The van der Waals surface area contributed by atoms with Crippen molar-refractivity contribution >= 4 is 17.5 Å². The highest BCUT2D eigenvalue weighted by atomic mass is 16.5. The first-order valence-corrected chi connectivity index (χ1v) is 9.53. The lowest BCUT2D eigenvalue weighted by Gasteiger charge is -2.16. The van der Waals surface area contributed by atoms with E-state index in [1.165, 1.54) is 5.56 Å². The molecule has 0 spiro atoms. The highest BCUT2D eigenvalue weighted by molar-refractivity contribution is 5.95. The molecule has 0 atom stereocenters. The lowest BCUT2D eigenvalue weighted by atomic mass is 10.1. The lowest BCUT2D eigenvalue weighted by Crippen LogP contribution is -2.32. The second-order valence-corrected chi connectivity index (χ2v) is 6.90. The zero-order valence-electron chi connectivity index (χ0n) is 16.4. The molecule has 1 heterocycles. The minimum absolute atomic E-state index is 0.0824. The number of aryl methyl sites for hydroxylation is 2. The molecule has 6 heteroatoms. The molecule has 0 aromatic heterocycles. The lowest BCUT2D eigenvalue weighted by molar-refractivity contribution is -0.123. The average molecular weight is 382 g/mol. The van der Waals surface area contributed by atoms with E-state index in [0.717, 1.165) is 30.0 Å². The van der Waals surface area contributed by atoms with Crippen LogP contribution in [0.15, 0.2) is 42.5 Å². The van der Waals surface area contributed by atoms with Crippen LogP contribution in [0.4, 0.5) is 5.69 Å². The van der Waals surface area contributed by atoms with Crippen LogP contribution < -0.4 is 19.7 Å². The second-order valence-electron chi connectivity index (χ2n) is 6.90. The SMILES string of the molecule is Cc1ccc(OCCNC(=O)COc2cccc(N3CCCC3=O)c2)c(C)c1. The third kappa shape index (κ3) is 5.25. The molecule has 0 radical (unpaired) electrons. The number of amides is 2. The van der Waals surface area contributed by atoms with E-state index in [9.17, 15) is 9.59 Å². The molecule has 2 aromatic carbocycles. The van der Waals surface area contributed by atoms with Crippen molar-refractivity contribution in [3.05, 3.63) is 53.6 Å². The number of carbonyl (C=O) groups excluding carboxylic acids is 2. The Morgan fingerprint density at radius 2 is 2.00 bits per heavy atom. The van der Waals surface area contributed by atoms with Gasteiger partial charge in [0.15, 0.2) is 6.61 Å². The molecule has 148 valence electrons. The van der Waals surface area contributed by atoms with Crippen LogP contribution in [-0.4, -0.2) is 38.1 Å². The van der Waals surface area contributed by atoms with E-state index in [0.29, 0.717) is 25.3 Å². The summed E-state index contributed by atoms with van der Waals surface area (Å²) in [7, 11) is 0. The van der Waals surface area contributed by atoms with Gasteiger partial charge in [0, 0.05) is 24.7 Å². The van der Waals surface area contributed by atoms with Gasteiger partial charge in [0.1, 0.15) is 18.1 Å². The maximum Gasteiger partial charge on any atom is 0.258 e. The Kier molecular flexibility index (Phi) is 6.53. The minimum Gasteiger partial charge on any atom is -0.491 e. The smallest absolute Gasteiger partial charge is 0.258 e. The quantitative estimate of drug-likeness (QED) is 0.713. The zero-order valence-corrected chi connectivity index (χ0v) is 16.4. The van der Waals surface area contributed by atoms with Gasteiger partial charge in [0.2, 0.25) is 5.91 Å². The van der Waals surface area contributed by atoms with E-state index in [1.807, 2.05) is 38.1 Å². The maximum atomic E-state index is 12.0. The summed E-state index contributed by atoms with van der Waals surface area (Å²) >= 11 is 0. The van der Waals surface area contributed by atoms with E-state index in [4.69, 9.17) is 9.47 Å². The van der Waals surface area contributed by atoms with E-state index in [2.05, 4.69) is 11.4 Å². The van der Waals surface area contributed by atoms with Crippen LogP contribution in [0.3, 0.4) is 0 Å². The van der Waals surface area contributed by atoms with Crippen LogP contribution in [0.2, 0.25) is 0 Å². The summed E-state index contributed by atoms with van der Waals surface area (Å²) in [6.07, 6.45) is 1.45. The standard InChI is InChI=1S/C22H26N2O4/c1-16-8-9-20(17(2)13-16)27-12-10-23-21(25)15-28-19-6-3-5-18(14-19)24-11-4-7-22(24)26/h3,5-6,8-9,13-14H,4,7,10-12,15H2,1-2H3,(H,23,25). The third-order valence-corrected chi connectivity index (χ3v) is 4.58. The van der Waals surface area contributed by atoms with Crippen molar-refractivity contribution in [1.82, 2.24) is 5.32 Å². The first kappa shape index (κ1) is 19.7. The minimum atomic E-state index is -0.216. The van der Waals surface area contributed by atoms with Gasteiger partial charge in [-0.05, 0) is 44.0 Å². The predicted molar refractivity (Wildman–Crippen MR) is 108 cm³/mol. The summed E-state index contributed by atoms with van der Waals surface area (Å²) in [6.45, 7) is 5.47. The monoisotopic (exact) mass is 382 g/mol. The van der Waals surface area contributed by atoms with E-state index >= 15 is 0 Å². The Labute approximate surface area is 165 Å². The van der Waals surface area contributed by atoms with Gasteiger partial charge in [-0.25, -0.2) is 0 Å². The van der Waals surface area contributed by atoms with E-state index < -0.39 is 0 Å². The van der Waals surface area contributed by atoms with Crippen molar-refractivity contribution in [2.75, 3.05) is 31.2 Å². The highest BCUT2D eigenvalue weighted by Crippen LogP contribution is 2.25. The van der Waals surface area contributed by atoms with Crippen molar-refractivity contribution in [1.29, 1.82) is 0 Å². The van der Waals surface area contributed by atoms with Crippen molar-refractivity contribution in [3.63, 3.8) is 0 Å². The number of hydrogen-bond donors (Lipinski definition) is 1. The van der Waals surface area contributed by atoms with Crippen molar-refractivity contribution in [2.24, 2.45) is 0 Å². The zero-order chi connectivity index (χ0) is 19.9.